The second kappa shape index (κ2) is 6.74. The molecule has 2 aromatic carbocycles. The van der Waals surface area contributed by atoms with Crippen molar-refractivity contribution >= 4 is 38.3 Å². The van der Waals surface area contributed by atoms with E-state index in [1.807, 2.05) is 18.2 Å². The molecule has 4 rings (SSSR count). The average Bonchev–Trinajstić information content (AvgIpc) is 3.17. The molecule has 0 radical (unpaired) electrons. The lowest BCUT2D eigenvalue weighted by molar-refractivity contribution is 0.102. The van der Waals surface area contributed by atoms with Crippen molar-refractivity contribution in [1.29, 1.82) is 0 Å². The second-order valence-electron chi connectivity index (χ2n) is 5.79. The monoisotopic (exact) mass is 430 g/mol. The van der Waals surface area contributed by atoms with Gasteiger partial charge in [-0.25, -0.2) is 4.98 Å². The Kier molecular flexibility index (Phi) is 4.42. The number of hydrogen-bond donors (Lipinski definition) is 1. The van der Waals surface area contributed by atoms with Crippen LogP contribution in [0.4, 0.5) is 5.13 Å². The van der Waals surface area contributed by atoms with Crippen LogP contribution in [0.5, 0.6) is 11.5 Å². The summed E-state index contributed by atoms with van der Waals surface area (Å²) in [4.78, 5) is 18.3. The summed E-state index contributed by atoms with van der Waals surface area (Å²) in [6, 6.07) is 11.2. The lowest BCUT2D eigenvalue weighted by Gasteiger charge is -2.06. The Bertz CT molecular complexity index is 1020. The largest absolute Gasteiger partial charge is 0.497 e. The predicted molar refractivity (Wildman–Crippen MR) is 106 cm³/mol. The molecule has 0 saturated heterocycles. The van der Waals surface area contributed by atoms with Gasteiger partial charge in [-0.05, 0) is 57.9 Å². The van der Waals surface area contributed by atoms with E-state index in [2.05, 4.69) is 26.2 Å². The molecule has 1 aliphatic rings. The number of halogens is 1. The van der Waals surface area contributed by atoms with Gasteiger partial charge in [-0.2, -0.15) is 0 Å². The van der Waals surface area contributed by atoms with Crippen LogP contribution in [-0.2, 0) is 6.42 Å². The first kappa shape index (κ1) is 17.1. The predicted octanol–water partition coefficient (Wildman–Crippen LogP) is 4.75. The fourth-order valence-electron chi connectivity index (χ4n) is 2.96. The van der Waals surface area contributed by atoms with Crippen molar-refractivity contribution in [3.8, 4) is 22.8 Å². The Morgan fingerprint density at radius 3 is 2.77 bits per heavy atom. The summed E-state index contributed by atoms with van der Waals surface area (Å²) >= 11 is 4.91. The van der Waals surface area contributed by atoms with Gasteiger partial charge in [0.1, 0.15) is 11.5 Å². The third-order valence-electron chi connectivity index (χ3n) is 4.25. The van der Waals surface area contributed by atoms with Crippen LogP contribution in [0.3, 0.4) is 0 Å². The highest BCUT2D eigenvalue weighted by Crippen LogP contribution is 2.42. The smallest absolute Gasteiger partial charge is 0.257 e. The van der Waals surface area contributed by atoms with Gasteiger partial charge in [-0.1, -0.05) is 0 Å². The fourth-order valence-corrected chi connectivity index (χ4v) is 4.49. The Morgan fingerprint density at radius 1 is 1.19 bits per heavy atom. The Morgan fingerprint density at radius 2 is 2.04 bits per heavy atom. The number of aromatic nitrogens is 1. The number of rotatable bonds is 4. The lowest BCUT2D eigenvalue weighted by atomic mass is 10.1. The van der Waals surface area contributed by atoms with Gasteiger partial charge < -0.3 is 9.47 Å². The first-order valence-corrected chi connectivity index (χ1v) is 9.52. The summed E-state index contributed by atoms with van der Waals surface area (Å²) in [6.07, 6.45) is 0.809. The zero-order chi connectivity index (χ0) is 18.3. The van der Waals surface area contributed by atoms with Crippen LogP contribution in [0.2, 0.25) is 0 Å². The standard InChI is InChI=1S/C19H15BrN2O3S/c1-24-12-4-5-13-11(7-12)9-16-17(13)21-19(26-16)22-18(23)10-3-6-15(25-2)14(20)8-10/h3-8H,9H2,1-2H3,(H,21,22,23). The maximum Gasteiger partial charge on any atom is 0.257 e. The molecule has 0 spiro atoms. The van der Waals surface area contributed by atoms with E-state index in [9.17, 15) is 4.79 Å². The van der Waals surface area contributed by atoms with Gasteiger partial charge in [0.15, 0.2) is 5.13 Å². The number of ether oxygens (including phenoxy) is 2. The molecule has 1 amide bonds. The molecule has 0 unspecified atom stereocenters. The zero-order valence-electron chi connectivity index (χ0n) is 14.1. The number of fused-ring (bicyclic) bond motifs is 3. The molecular formula is C19H15BrN2O3S. The number of carbonyl (C=O) groups excluding carboxylic acids is 1. The molecule has 1 aromatic heterocycles. The van der Waals surface area contributed by atoms with Crippen LogP contribution in [0.1, 0.15) is 20.8 Å². The molecule has 7 heteroatoms. The number of nitrogens with one attached hydrogen (secondary N) is 1. The van der Waals surface area contributed by atoms with Crippen molar-refractivity contribution < 1.29 is 14.3 Å². The van der Waals surface area contributed by atoms with Crippen LogP contribution in [0.25, 0.3) is 11.3 Å². The molecule has 1 heterocycles. The SMILES string of the molecule is COc1ccc2c(c1)Cc1sc(NC(=O)c3ccc(OC)c(Br)c3)nc1-2. The summed E-state index contributed by atoms with van der Waals surface area (Å²) < 4.78 is 11.2. The van der Waals surface area contributed by atoms with E-state index in [-0.39, 0.29) is 5.91 Å². The maximum absolute atomic E-state index is 12.5. The molecule has 132 valence electrons. The molecular weight excluding hydrogens is 416 g/mol. The molecule has 26 heavy (non-hydrogen) atoms. The van der Waals surface area contributed by atoms with Gasteiger partial charge in [-0.3, -0.25) is 10.1 Å². The number of anilines is 1. The van der Waals surface area contributed by atoms with Gasteiger partial charge in [-0.15, -0.1) is 11.3 Å². The van der Waals surface area contributed by atoms with E-state index in [0.717, 1.165) is 32.8 Å². The van der Waals surface area contributed by atoms with Crippen LogP contribution in [0.15, 0.2) is 40.9 Å². The quantitative estimate of drug-likeness (QED) is 0.507. The molecule has 0 bridgehead atoms. The lowest BCUT2D eigenvalue weighted by Crippen LogP contribution is -2.11. The molecule has 3 aromatic rings. The molecule has 0 atom stereocenters. The zero-order valence-corrected chi connectivity index (χ0v) is 16.5. The van der Waals surface area contributed by atoms with Crippen LogP contribution in [-0.4, -0.2) is 25.1 Å². The number of carbonyl (C=O) groups is 1. The van der Waals surface area contributed by atoms with E-state index >= 15 is 0 Å². The number of benzene rings is 2. The molecule has 0 fully saturated rings. The van der Waals surface area contributed by atoms with Crippen molar-refractivity contribution in [1.82, 2.24) is 4.98 Å². The van der Waals surface area contributed by atoms with Crippen molar-refractivity contribution in [3.05, 3.63) is 56.9 Å². The van der Waals surface area contributed by atoms with Gasteiger partial charge in [0.2, 0.25) is 0 Å². The average molecular weight is 431 g/mol. The number of methoxy groups -OCH3 is 2. The Hall–Kier alpha value is -2.38. The van der Waals surface area contributed by atoms with Crippen LogP contribution >= 0.6 is 27.3 Å². The molecule has 5 nitrogen and oxygen atoms in total. The summed E-state index contributed by atoms with van der Waals surface area (Å²) in [6.45, 7) is 0. The fraction of sp³-hybridized carbons (Fsp3) is 0.158. The van der Waals surface area contributed by atoms with Gasteiger partial charge in [0, 0.05) is 22.4 Å². The second-order valence-corrected chi connectivity index (χ2v) is 7.73. The number of thiazole rings is 1. The first-order chi connectivity index (χ1) is 12.6. The Balaban J connectivity index is 1.56. The third-order valence-corrected chi connectivity index (χ3v) is 5.84. The Labute approximate surface area is 163 Å². The topological polar surface area (TPSA) is 60.5 Å². The molecule has 1 aliphatic carbocycles. The molecule has 0 saturated carbocycles. The molecule has 0 aliphatic heterocycles. The minimum atomic E-state index is -0.198. The minimum Gasteiger partial charge on any atom is -0.497 e. The van der Waals surface area contributed by atoms with Gasteiger partial charge >= 0.3 is 0 Å². The van der Waals surface area contributed by atoms with E-state index in [0.29, 0.717) is 16.4 Å². The third kappa shape index (κ3) is 2.97. The molecule has 1 N–H and O–H groups in total. The number of hydrogen-bond acceptors (Lipinski definition) is 5. The number of amides is 1. The van der Waals surface area contributed by atoms with Gasteiger partial charge in [0.25, 0.3) is 5.91 Å². The highest BCUT2D eigenvalue weighted by Gasteiger charge is 2.24. The van der Waals surface area contributed by atoms with E-state index in [1.165, 1.54) is 16.9 Å². The minimum absolute atomic E-state index is 0.198. The summed E-state index contributed by atoms with van der Waals surface area (Å²) in [7, 11) is 3.25. The van der Waals surface area contributed by atoms with E-state index < -0.39 is 0 Å². The summed E-state index contributed by atoms with van der Waals surface area (Å²) in [5, 5.41) is 3.49. The summed E-state index contributed by atoms with van der Waals surface area (Å²) in [5.41, 5.74) is 3.79. The first-order valence-electron chi connectivity index (χ1n) is 7.91. The van der Waals surface area contributed by atoms with Crippen LogP contribution < -0.4 is 14.8 Å². The van der Waals surface area contributed by atoms with Crippen molar-refractivity contribution in [2.45, 2.75) is 6.42 Å². The van der Waals surface area contributed by atoms with Crippen molar-refractivity contribution in [2.24, 2.45) is 0 Å². The maximum atomic E-state index is 12.5. The number of nitrogens with zero attached hydrogens (tertiary/aromatic N) is 1. The van der Waals surface area contributed by atoms with E-state index in [1.54, 1.807) is 32.4 Å². The summed E-state index contributed by atoms with van der Waals surface area (Å²) in [5.74, 6) is 1.33. The van der Waals surface area contributed by atoms with Crippen LogP contribution in [0, 0.1) is 0 Å². The highest BCUT2D eigenvalue weighted by molar-refractivity contribution is 9.10. The van der Waals surface area contributed by atoms with Crippen molar-refractivity contribution in [3.63, 3.8) is 0 Å². The van der Waals surface area contributed by atoms with E-state index in [4.69, 9.17) is 9.47 Å². The highest BCUT2D eigenvalue weighted by atomic mass is 79.9. The van der Waals surface area contributed by atoms with Crippen molar-refractivity contribution in [2.75, 3.05) is 19.5 Å². The normalized spacial score (nSPS) is 11.7. The van der Waals surface area contributed by atoms with Gasteiger partial charge in [0.05, 0.1) is 24.4 Å².